The molecule has 0 bridgehead atoms. The van der Waals surface area contributed by atoms with E-state index in [4.69, 9.17) is 14.2 Å². The normalized spacial score (nSPS) is 20.4. The van der Waals surface area contributed by atoms with Crippen LogP contribution < -0.4 is 9.47 Å². The Bertz CT molecular complexity index is 1150. The second-order valence-electron chi connectivity index (χ2n) is 8.76. The molecule has 6 heteroatoms. The Hall–Kier alpha value is -3.25. The summed E-state index contributed by atoms with van der Waals surface area (Å²) >= 11 is 0. The van der Waals surface area contributed by atoms with Gasteiger partial charge in [0.05, 0.1) is 5.56 Å². The van der Waals surface area contributed by atoms with Crippen molar-refractivity contribution < 1.29 is 29.2 Å². The number of Topliss-reactive ketones (excluding diaryl/α,β-unsaturated/α-hetero) is 1. The second-order valence-corrected chi connectivity index (χ2v) is 8.76. The first-order valence-electron chi connectivity index (χ1n) is 10.6. The molecule has 2 aliphatic heterocycles. The predicted octanol–water partition coefficient (Wildman–Crippen LogP) is 4.95. The van der Waals surface area contributed by atoms with E-state index in [0.29, 0.717) is 40.8 Å². The highest BCUT2D eigenvalue weighted by Gasteiger charge is 2.61. The van der Waals surface area contributed by atoms with Crippen LogP contribution in [0.25, 0.3) is 0 Å². The van der Waals surface area contributed by atoms with Crippen molar-refractivity contribution in [1.82, 2.24) is 0 Å². The zero-order chi connectivity index (χ0) is 23.2. The van der Waals surface area contributed by atoms with Gasteiger partial charge in [-0.25, -0.2) is 0 Å². The number of hydrogen-bond acceptors (Lipinski definition) is 6. The molecule has 0 saturated heterocycles. The topological polar surface area (TPSA) is 85.2 Å². The molecule has 0 aliphatic carbocycles. The van der Waals surface area contributed by atoms with E-state index >= 15 is 0 Å². The standard InChI is InChI=1S/C26H28O6/c1-14(2)6-8-16-10-18-22(13-21(16)28)31-25-26(30-5,24(18)29)19-12-20(27)17(9-7-15(3)4)11-23(19)32-25/h6-7,10-13,25,27-28H,8-9H2,1-5H3/t25-,26+/m1/s1. The maximum absolute atomic E-state index is 13.8. The van der Waals surface area contributed by atoms with E-state index in [9.17, 15) is 15.0 Å². The third-order valence-electron chi connectivity index (χ3n) is 5.93. The van der Waals surface area contributed by atoms with Crippen molar-refractivity contribution in [3.8, 4) is 23.0 Å². The van der Waals surface area contributed by atoms with Crippen LogP contribution in [0.1, 0.15) is 54.7 Å². The molecule has 2 heterocycles. The van der Waals surface area contributed by atoms with Gasteiger partial charge in [-0.1, -0.05) is 23.3 Å². The fourth-order valence-corrected chi connectivity index (χ4v) is 4.12. The maximum atomic E-state index is 13.8. The van der Waals surface area contributed by atoms with Gasteiger partial charge in [-0.15, -0.1) is 0 Å². The summed E-state index contributed by atoms with van der Waals surface area (Å²) in [6, 6.07) is 6.35. The van der Waals surface area contributed by atoms with E-state index in [0.717, 1.165) is 11.1 Å². The Labute approximate surface area is 187 Å². The van der Waals surface area contributed by atoms with Crippen molar-refractivity contribution in [2.45, 2.75) is 52.4 Å². The lowest BCUT2D eigenvalue weighted by molar-refractivity contribution is -0.135. The largest absolute Gasteiger partial charge is 0.508 e. The van der Waals surface area contributed by atoms with Gasteiger partial charge in [0.15, 0.2) is 0 Å². The van der Waals surface area contributed by atoms with Crippen LogP contribution >= 0.6 is 0 Å². The number of carbonyl (C=O) groups excluding carboxylic acids is 1. The van der Waals surface area contributed by atoms with E-state index in [1.165, 1.54) is 19.2 Å². The number of aromatic hydroxyl groups is 2. The number of methoxy groups -OCH3 is 1. The number of rotatable bonds is 5. The minimum atomic E-state index is -1.54. The van der Waals surface area contributed by atoms with Crippen molar-refractivity contribution in [3.05, 3.63) is 69.8 Å². The fraction of sp³-hybridized carbons (Fsp3) is 0.346. The van der Waals surface area contributed by atoms with Gasteiger partial charge in [-0.2, -0.15) is 0 Å². The van der Waals surface area contributed by atoms with Crippen LogP contribution in [0.4, 0.5) is 0 Å². The smallest absolute Gasteiger partial charge is 0.281 e. The summed E-state index contributed by atoms with van der Waals surface area (Å²) in [5, 5.41) is 21.1. The molecule has 0 fully saturated rings. The molecule has 168 valence electrons. The fourth-order valence-electron chi connectivity index (χ4n) is 4.12. The Morgan fingerprint density at radius 3 is 2.09 bits per heavy atom. The lowest BCUT2D eigenvalue weighted by Gasteiger charge is -2.36. The number of ketones is 1. The highest BCUT2D eigenvalue weighted by atomic mass is 16.7. The van der Waals surface area contributed by atoms with Gasteiger partial charge in [0, 0.05) is 24.3 Å². The van der Waals surface area contributed by atoms with Gasteiger partial charge >= 0.3 is 0 Å². The molecule has 0 aromatic heterocycles. The third-order valence-corrected chi connectivity index (χ3v) is 5.93. The summed E-state index contributed by atoms with van der Waals surface area (Å²) < 4.78 is 17.8. The van der Waals surface area contributed by atoms with Gasteiger partial charge in [0.1, 0.15) is 23.0 Å². The highest BCUT2D eigenvalue weighted by Crippen LogP contribution is 2.52. The molecule has 2 aromatic rings. The molecule has 2 aromatic carbocycles. The lowest BCUT2D eigenvalue weighted by atomic mass is 9.82. The van der Waals surface area contributed by atoms with Gasteiger partial charge in [-0.3, -0.25) is 4.79 Å². The Morgan fingerprint density at radius 1 is 0.938 bits per heavy atom. The zero-order valence-corrected chi connectivity index (χ0v) is 19.0. The molecule has 0 amide bonds. The molecular weight excluding hydrogens is 408 g/mol. The minimum Gasteiger partial charge on any atom is -0.508 e. The molecule has 0 spiro atoms. The average Bonchev–Trinajstić information content (AvgIpc) is 3.04. The number of fused-ring (bicyclic) bond motifs is 4. The van der Waals surface area contributed by atoms with Gasteiger partial charge in [0.2, 0.25) is 11.4 Å². The number of carbonyl (C=O) groups is 1. The predicted molar refractivity (Wildman–Crippen MR) is 121 cm³/mol. The van der Waals surface area contributed by atoms with Crippen LogP contribution in [0.5, 0.6) is 23.0 Å². The van der Waals surface area contributed by atoms with E-state index in [1.54, 1.807) is 12.1 Å². The lowest BCUT2D eigenvalue weighted by Crippen LogP contribution is -2.52. The van der Waals surface area contributed by atoms with Crippen LogP contribution in [-0.4, -0.2) is 29.4 Å². The third kappa shape index (κ3) is 3.45. The molecule has 0 radical (unpaired) electrons. The number of hydrogen-bond donors (Lipinski definition) is 2. The summed E-state index contributed by atoms with van der Waals surface area (Å²) in [7, 11) is 1.43. The van der Waals surface area contributed by atoms with Crippen molar-refractivity contribution in [2.75, 3.05) is 7.11 Å². The molecule has 0 saturated carbocycles. The Balaban J connectivity index is 1.80. The van der Waals surface area contributed by atoms with Gasteiger partial charge < -0.3 is 24.4 Å². The molecule has 32 heavy (non-hydrogen) atoms. The Kier molecular flexibility index (Phi) is 5.51. The first-order chi connectivity index (χ1) is 15.2. The summed E-state index contributed by atoms with van der Waals surface area (Å²) in [4.78, 5) is 13.8. The van der Waals surface area contributed by atoms with E-state index < -0.39 is 11.9 Å². The molecule has 2 atom stereocenters. The van der Waals surface area contributed by atoms with E-state index in [2.05, 4.69) is 0 Å². The highest BCUT2D eigenvalue weighted by molar-refractivity contribution is 6.07. The van der Waals surface area contributed by atoms with Crippen molar-refractivity contribution in [3.63, 3.8) is 0 Å². The summed E-state index contributed by atoms with van der Waals surface area (Å²) in [5.41, 5.74) is 2.73. The first kappa shape index (κ1) is 22.0. The number of ether oxygens (including phenoxy) is 3. The monoisotopic (exact) mass is 436 g/mol. The Morgan fingerprint density at radius 2 is 1.50 bits per heavy atom. The number of benzene rings is 2. The number of phenolic OH excluding ortho intramolecular Hbond substituents is 2. The molecule has 2 aliphatic rings. The van der Waals surface area contributed by atoms with Crippen LogP contribution in [0.3, 0.4) is 0 Å². The van der Waals surface area contributed by atoms with E-state index in [-0.39, 0.29) is 23.0 Å². The summed E-state index contributed by atoms with van der Waals surface area (Å²) in [6.07, 6.45) is 3.93. The van der Waals surface area contributed by atoms with Gasteiger partial charge in [0.25, 0.3) is 6.29 Å². The maximum Gasteiger partial charge on any atom is 0.281 e. The zero-order valence-electron chi connectivity index (χ0n) is 19.0. The molecule has 0 unspecified atom stereocenters. The van der Waals surface area contributed by atoms with Gasteiger partial charge in [-0.05, 0) is 64.3 Å². The van der Waals surface area contributed by atoms with Crippen molar-refractivity contribution in [2.24, 2.45) is 0 Å². The van der Waals surface area contributed by atoms with Crippen LogP contribution in [0.2, 0.25) is 0 Å². The van der Waals surface area contributed by atoms with Crippen LogP contribution in [0, 0.1) is 0 Å². The molecule has 2 N–H and O–H groups in total. The number of phenols is 2. The minimum absolute atomic E-state index is 0.0520. The van der Waals surface area contributed by atoms with Crippen molar-refractivity contribution >= 4 is 5.78 Å². The van der Waals surface area contributed by atoms with Crippen molar-refractivity contribution in [1.29, 1.82) is 0 Å². The first-order valence-corrected chi connectivity index (χ1v) is 10.6. The summed E-state index contributed by atoms with van der Waals surface area (Å²) in [5.74, 6) is 0.460. The molecular formula is C26H28O6. The number of allylic oxidation sites excluding steroid dienone is 4. The molecule has 6 nitrogen and oxygen atoms in total. The summed E-state index contributed by atoms with van der Waals surface area (Å²) in [6.45, 7) is 7.92. The second kappa shape index (κ2) is 8.02. The van der Waals surface area contributed by atoms with Crippen LogP contribution in [-0.2, 0) is 23.2 Å². The quantitative estimate of drug-likeness (QED) is 0.645. The molecule has 4 rings (SSSR count). The average molecular weight is 437 g/mol. The van der Waals surface area contributed by atoms with Crippen LogP contribution in [0.15, 0.2) is 47.6 Å². The van der Waals surface area contributed by atoms with E-state index in [1.807, 2.05) is 39.8 Å². The SMILES string of the molecule is CO[C@@]12C(=O)c3cc(CC=C(C)C)c(O)cc3O[C@@H]1Oc1cc(CC=C(C)C)c(O)cc12.